The van der Waals surface area contributed by atoms with Gasteiger partial charge in [-0.15, -0.1) is 0 Å². The van der Waals surface area contributed by atoms with Crippen molar-refractivity contribution in [3.8, 4) is 0 Å². The third kappa shape index (κ3) is 5.20. The second kappa shape index (κ2) is 7.04. The number of hydrogen-bond acceptors (Lipinski definition) is 2. The summed E-state index contributed by atoms with van der Waals surface area (Å²) in [5.41, 5.74) is -0.0152. The molecule has 4 nitrogen and oxygen atoms in total. The molecule has 15 heavy (non-hydrogen) atoms. The molecule has 0 fully saturated rings. The molecule has 0 aliphatic rings. The van der Waals surface area contributed by atoms with Gasteiger partial charge in [0.25, 0.3) is 0 Å². The van der Waals surface area contributed by atoms with E-state index in [0.717, 1.165) is 19.3 Å². The fourth-order valence-electron chi connectivity index (χ4n) is 1.23. The molecular weight excluding hydrogens is 196 g/mol. The topological polar surface area (TPSA) is 74.6 Å². The summed E-state index contributed by atoms with van der Waals surface area (Å²) in [6, 6.07) is 0. The molecule has 0 saturated heterocycles. The van der Waals surface area contributed by atoms with Crippen LogP contribution in [0.15, 0.2) is 11.6 Å². The highest BCUT2D eigenvalue weighted by Gasteiger charge is 2.21. The number of carboxylic acids is 2. The Morgan fingerprint density at radius 3 is 2.27 bits per heavy atom. The van der Waals surface area contributed by atoms with Crippen LogP contribution >= 0.6 is 0 Å². The number of carbonyl (C=O) groups is 2. The average molecular weight is 214 g/mol. The summed E-state index contributed by atoms with van der Waals surface area (Å²) in [6.45, 7) is 3.45. The Labute approximate surface area is 89.6 Å². The van der Waals surface area contributed by atoms with Crippen molar-refractivity contribution in [3.63, 3.8) is 0 Å². The van der Waals surface area contributed by atoms with E-state index in [1.165, 1.54) is 13.0 Å². The summed E-state index contributed by atoms with van der Waals surface area (Å²) in [4.78, 5) is 21.4. The Morgan fingerprint density at radius 1 is 1.27 bits per heavy atom. The summed E-state index contributed by atoms with van der Waals surface area (Å²) in [7, 11) is 0. The first-order chi connectivity index (χ1) is 7.00. The lowest BCUT2D eigenvalue weighted by atomic mass is 9.99. The second-order valence-electron chi connectivity index (χ2n) is 3.52. The molecule has 0 aromatic carbocycles. The monoisotopic (exact) mass is 214 g/mol. The zero-order valence-electron chi connectivity index (χ0n) is 9.19. The zero-order chi connectivity index (χ0) is 11.8. The maximum atomic E-state index is 10.8. The van der Waals surface area contributed by atoms with Gasteiger partial charge in [0.05, 0.1) is 5.92 Å². The molecule has 0 aromatic heterocycles. The van der Waals surface area contributed by atoms with Crippen LogP contribution in [0.2, 0.25) is 0 Å². The largest absolute Gasteiger partial charge is 0.481 e. The highest BCUT2D eigenvalue weighted by atomic mass is 16.4. The van der Waals surface area contributed by atoms with Crippen molar-refractivity contribution >= 4 is 11.9 Å². The summed E-state index contributed by atoms with van der Waals surface area (Å²) >= 11 is 0. The van der Waals surface area contributed by atoms with Gasteiger partial charge in [0.2, 0.25) is 0 Å². The second-order valence-corrected chi connectivity index (χ2v) is 3.52. The molecule has 0 saturated carbocycles. The molecule has 0 rings (SSSR count). The first-order valence-corrected chi connectivity index (χ1v) is 5.16. The van der Waals surface area contributed by atoms with Crippen LogP contribution in [0.3, 0.4) is 0 Å². The molecule has 2 N–H and O–H groups in total. The van der Waals surface area contributed by atoms with Crippen molar-refractivity contribution < 1.29 is 19.8 Å². The van der Waals surface area contributed by atoms with Crippen LogP contribution < -0.4 is 0 Å². The fourth-order valence-corrected chi connectivity index (χ4v) is 1.23. The van der Waals surface area contributed by atoms with Crippen molar-refractivity contribution in [1.82, 2.24) is 0 Å². The van der Waals surface area contributed by atoms with Crippen LogP contribution in [-0.2, 0) is 9.59 Å². The number of rotatable bonds is 7. The Kier molecular flexibility index (Phi) is 6.42. The Bertz CT molecular complexity index is 255. The summed E-state index contributed by atoms with van der Waals surface area (Å²) in [5.74, 6) is -3.18. The predicted molar refractivity (Wildman–Crippen MR) is 56.7 cm³/mol. The highest BCUT2D eigenvalue weighted by molar-refractivity contribution is 5.93. The number of aliphatic carboxylic acids is 2. The van der Waals surface area contributed by atoms with Gasteiger partial charge in [-0.05, 0) is 19.8 Å². The van der Waals surface area contributed by atoms with Crippen LogP contribution in [0, 0.1) is 5.92 Å². The predicted octanol–water partition coefficient (Wildman–Crippen LogP) is 2.30. The summed E-state index contributed by atoms with van der Waals surface area (Å²) in [5, 5.41) is 17.5. The van der Waals surface area contributed by atoms with Gasteiger partial charge >= 0.3 is 11.9 Å². The molecule has 0 radical (unpaired) electrons. The van der Waals surface area contributed by atoms with E-state index in [9.17, 15) is 9.59 Å². The quantitative estimate of drug-likeness (QED) is 0.503. The first kappa shape index (κ1) is 13.7. The maximum Gasteiger partial charge on any atom is 0.332 e. The standard InChI is InChI=1S/C11H18O4/c1-3-4-5-6-7-9(11(14)15)8(2)10(12)13/h7-8H,3-6H2,1-2H3,(H,12,13)(H,14,15)/b9-7+/t8-/m0/s1. The molecule has 0 heterocycles. The molecule has 0 aliphatic heterocycles. The molecule has 4 heteroatoms. The van der Waals surface area contributed by atoms with Crippen molar-refractivity contribution in [3.05, 3.63) is 11.6 Å². The minimum atomic E-state index is -1.14. The third-order valence-corrected chi connectivity index (χ3v) is 2.26. The third-order valence-electron chi connectivity index (χ3n) is 2.26. The molecule has 0 aliphatic carbocycles. The fraction of sp³-hybridized carbons (Fsp3) is 0.636. The van der Waals surface area contributed by atoms with Crippen LogP contribution in [0.1, 0.15) is 39.5 Å². The Balaban J connectivity index is 4.38. The molecule has 0 bridgehead atoms. The van der Waals surface area contributed by atoms with Crippen molar-refractivity contribution in [2.24, 2.45) is 5.92 Å². The van der Waals surface area contributed by atoms with E-state index >= 15 is 0 Å². The SMILES string of the molecule is CCCCC/C=C(/C(=O)O)[C@H](C)C(=O)O. The number of hydrogen-bond donors (Lipinski definition) is 2. The van der Waals surface area contributed by atoms with Gasteiger partial charge in [-0.3, -0.25) is 4.79 Å². The van der Waals surface area contributed by atoms with Gasteiger partial charge < -0.3 is 10.2 Å². The minimum Gasteiger partial charge on any atom is -0.481 e. The summed E-state index contributed by atoms with van der Waals surface area (Å²) in [6.07, 6.45) is 5.15. The van der Waals surface area contributed by atoms with Crippen molar-refractivity contribution in [2.75, 3.05) is 0 Å². The van der Waals surface area contributed by atoms with Crippen LogP contribution in [0.5, 0.6) is 0 Å². The van der Waals surface area contributed by atoms with E-state index in [1.807, 2.05) is 0 Å². The van der Waals surface area contributed by atoms with Gasteiger partial charge in [0.15, 0.2) is 0 Å². The van der Waals surface area contributed by atoms with E-state index in [1.54, 1.807) is 0 Å². The van der Waals surface area contributed by atoms with E-state index < -0.39 is 17.9 Å². The van der Waals surface area contributed by atoms with Crippen molar-refractivity contribution in [2.45, 2.75) is 39.5 Å². The minimum absolute atomic E-state index is 0.0152. The normalized spacial score (nSPS) is 13.6. The Morgan fingerprint density at radius 2 is 1.87 bits per heavy atom. The van der Waals surface area contributed by atoms with Crippen LogP contribution in [0.4, 0.5) is 0 Å². The van der Waals surface area contributed by atoms with Crippen molar-refractivity contribution in [1.29, 1.82) is 0 Å². The van der Waals surface area contributed by atoms with Crippen LogP contribution in [-0.4, -0.2) is 22.2 Å². The van der Waals surface area contributed by atoms with E-state index in [0.29, 0.717) is 6.42 Å². The van der Waals surface area contributed by atoms with E-state index in [2.05, 4.69) is 6.92 Å². The Hall–Kier alpha value is -1.32. The lowest BCUT2D eigenvalue weighted by Crippen LogP contribution is -2.18. The lowest BCUT2D eigenvalue weighted by Gasteiger charge is -2.07. The zero-order valence-corrected chi connectivity index (χ0v) is 9.19. The smallest absolute Gasteiger partial charge is 0.332 e. The molecule has 1 atom stereocenters. The molecule has 0 amide bonds. The van der Waals surface area contributed by atoms with Gasteiger partial charge in [0, 0.05) is 5.57 Å². The molecule has 86 valence electrons. The lowest BCUT2D eigenvalue weighted by molar-refractivity contribution is -0.143. The maximum absolute atomic E-state index is 10.8. The number of allylic oxidation sites excluding steroid dienone is 1. The van der Waals surface area contributed by atoms with Gasteiger partial charge in [-0.2, -0.15) is 0 Å². The molecule has 0 spiro atoms. The van der Waals surface area contributed by atoms with E-state index in [-0.39, 0.29) is 5.57 Å². The van der Waals surface area contributed by atoms with Gasteiger partial charge in [-0.25, -0.2) is 4.79 Å². The average Bonchev–Trinajstić information content (AvgIpc) is 2.16. The molecule has 0 aromatic rings. The highest BCUT2D eigenvalue weighted by Crippen LogP contribution is 2.13. The molecule has 0 unspecified atom stereocenters. The van der Waals surface area contributed by atoms with Gasteiger partial charge in [0.1, 0.15) is 0 Å². The number of unbranched alkanes of at least 4 members (excludes halogenated alkanes) is 3. The van der Waals surface area contributed by atoms with Gasteiger partial charge in [-0.1, -0.05) is 25.8 Å². The molecular formula is C11H18O4. The first-order valence-electron chi connectivity index (χ1n) is 5.16. The summed E-state index contributed by atoms with van der Waals surface area (Å²) < 4.78 is 0. The van der Waals surface area contributed by atoms with Crippen LogP contribution in [0.25, 0.3) is 0 Å². The number of carboxylic acid groups (broad SMARTS) is 2. The van der Waals surface area contributed by atoms with E-state index in [4.69, 9.17) is 10.2 Å².